The molecule has 0 spiro atoms. The summed E-state index contributed by atoms with van der Waals surface area (Å²) in [5.74, 6) is 1.56. The number of hydrogen-bond acceptors (Lipinski definition) is 8. The molecular formula is C26H29N9O2. The lowest BCUT2D eigenvalue weighted by Crippen LogP contribution is -2.36. The summed E-state index contributed by atoms with van der Waals surface area (Å²) in [4.78, 5) is 9.47. The number of benzene rings is 1. The zero-order valence-corrected chi connectivity index (χ0v) is 20.6. The molecule has 11 nitrogen and oxygen atoms in total. The van der Waals surface area contributed by atoms with E-state index in [0.717, 1.165) is 59.7 Å². The highest BCUT2D eigenvalue weighted by molar-refractivity contribution is 5.77. The van der Waals surface area contributed by atoms with Gasteiger partial charge in [-0.2, -0.15) is 19.8 Å². The summed E-state index contributed by atoms with van der Waals surface area (Å²) in [5.41, 5.74) is 10.4. The number of rotatable bonds is 8. The highest BCUT2D eigenvalue weighted by atomic mass is 16.5. The van der Waals surface area contributed by atoms with Gasteiger partial charge in [-0.25, -0.2) is 14.6 Å². The monoisotopic (exact) mass is 499 g/mol. The van der Waals surface area contributed by atoms with Crippen molar-refractivity contribution >= 4 is 11.5 Å². The predicted molar refractivity (Wildman–Crippen MR) is 137 cm³/mol. The predicted octanol–water partition coefficient (Wildman–Crippen LogP) is 3.50. The molecule has 0 saturated heterocycles. The molecule has 0 unspecified atom stereocenters. The van der Waals surface area contributed by atoms with E-state index >= 15 is 0 Å². The van der Waals surface area contributed by atoms with E-state index in [0.29, 0.717) is 19.0 Å². The standard InChI is InChI=1S/C26H29N9O2/c1-36-11-12-37-26(25-28-17-29-33-25)9-7-18(8-10-26)22-13-23(27)35-24(32-22)21(15-31-35)19-14-30-34(16-19)20-5-3-2-4-6-20/h2-6,13-18H,7-12,27H2,1H3,(H,28,29,33). The molecule has 190 valence electrons. The second-order valence-corrected chi connectivity index (χ2v) is 9.35. The van der Waals surface area contributed by atoms with Crippen LogP contribution in [0.5, 0.6) is 0 Å². The zero-order valence-electron chi connectivity index (χ0n) is 20.6. The number of nitrogens with two attached hydrogens (primary N) is 1. The molecule has 1 aliphatic rings. The topological polar surface area (TPSA) is 134 Å². The van der Waals surface area contributed by atoms with Gasteiger partial charge in [0, 0.05) is 42.1 Å². The molecular weight excluding hydrogens is 470 g/mol. The van der Waals surface area contributed by atoms with Crippen molar-refractivity contribution in [2.45, 2.75) is 37.2 Å². The van der Waals surface area contributed by atoms with Crippen LogP contribution in [-0.4, -0.2) is 59.9 Å². The van der Waals surface area contributed by atoms with Crippen molar-refractivity contribution in [3.05, 3.63) is 72.8 Å². The van der Waals surface area contributed by atoms with Gasteiger partial charge in [-0.05, 0) is 37.8 Å². The molecule has 0 amide bonds. The number of hydrogen-bond donors (Lipinski definition) is 2. The van der Waals surface area contributed by atoms with Gasteiger partial charge in [0.15, 0.2) is 11.5 Å². The first-order valence-electron chi connectivity index (χ1n) is 12.4. The second kappa shape index (κ2) is 9.75. The molecule has 0 bridgehead atoms. The van der Waals surface area contributed by atoms with Gasteiger partial charge < -0.3 is 15.2 Å². The first-order valence-corrected chi connectivity index (χ1v) is 12.4. The molecule has 3 N–H and O–H groups in total. The number of para-hydroxylation sites is 1. The fourth-order valence-electron chi connectivity index (χ4n) is 5.18. The Labute approximate surface area is 213 Å². The van der Waals surface area contributed by atoms with Crippen LogP contribution < -0.4 is 5.73 Å². The van der Waals surface area contributed by atoms with Gasteiger partial charge in [-0.1, -0.05) is 18.2 Å². The molecule has 0 aliphatic heterocycles. The Morgan fingerprint density at radius 1 is 1.11 bits per heavy atom. The molecule has 6 rings (SSSR count). The molecule has 4 aromatic heterocycles. The Bertz CT molecular complexity index is 1470. The fourth-order valence-corrected chi connectivity index (χ4v) is 5.18. The van der Waals surface area contributed by atoms with E-state index < -0.39 is 5.60 Å². The minimum atomic E-state index is -0.505. The van der Waals surface area contributed by atoms with Gasteiger partial charge in [0.1, 0.15) is 17.7 Å². The van der Waals surface area contributed by atoms with Gasteiger partial charge in [0.05, 0.1) is 31.3 Å². The lowest BCUT2D eigenvalue weighted by atomic mass is 9.76. The van der Waals surface area contributed by atoms with Crippen molar-refractivity contribution in [3.8, 4) is 16.8 Å². The molecule has 0 atom stereocenters. The maximum Gasteiger partial charge on any atom is 0.165 e. The number of methoxy groups -OCH3 is 1. The van der Waals surface area contributed by atoms with E-state index in [-0.39, 0.29) is 5.92 Å². The third kappa shape index (κ3) is 4.36. The number of anilines is 1. The summed E-state index contributed by atoms with van der Waals surface area (Å²) < 4.78 is 15.0. The molecule has 5 aromatic rings. The molecule has 37 heavy (non-hydrogen) atoms. The smallest absolute Gasteiger partial charge is 0.165 e. The Hall–Kier alpha value is -4.09. The van der Waals surface area contributed by atoms with E-state index in [2.05, 4.69) is 25.4 Å². The number of aromatic amines is 1. The highest BCUT2D eigenvalue weighted by Crippen LogP contribution is 2.44. The number of aromatic nitrogens is 8. The number of nitrogens with zero attached hydrogens (tertiary/aromatic N) is 7. The Kier molecular flexibility index (Phi) is 6.15. The molecule has 1 fully saturated rings. The SMILES string of the molecule is COCCOC1(c2ncn[nH]2)CCC(c2cc(N)n3ncc(-c4cnn(-c5ccccc5)c4)c3n2)CC1. The molecule has 1 saturated carbocycles. The average molecular weight is 500 g/mol. The minimum Gasteiger partial charge on any atom is -0.384 e. The summed E-state index contributed by atoms with van der Waals surface area (Å²) in [5, 5.41) is 16.1. The number of nitrogen functional groups attached to an aromatic ring is 1. The van der Waals surface area contributed by atoms with Crippen LogP contribution in [0, 0.1) is 0 Å². The molecule has 4 heterocycles. The van der Waals surface area contributed by atoms with Crippen LogP contribution in [0.25, 0.3) is 22.5 Å². The van der Waals surface area contributed by atoms with Gasteiger partial charge in [0.25, 0.3) is 0 Å². The first-order chi connectivity index (χ1) is 18.2. The first kappa shape index (κ1) is 23.3. The van der Waals surface area contributed by atoms with Crippen molar-refractivity contribution in [1.82, 2.24) is 39.6 Å². The van der Waals surface area contributed by atoms with E-state index in [4.69, 9.17) is 20.2 Å². The highest BCUT2D eigenvalue weighted by Gasteiger charge is 2.41. The van der Waals surface area contributed by atoms with E-state index in [1.807, 2.05) is 53.5 Å². The third-order valence-electron chi connectivity index (χ3n) is 7.16. The number of ether oxygens (including phenoxy) is 2. The van der Waals surface area contributed by atoms with Crippen molar-refractivity contribution in [1.29, 1.82) is 0 Å². The van der Waals surface area contributed by atoms with Crippen LogP contribution >= 0.6 is 0 Å². The quantitative estimate of drug-likeness (QED) is 0.310. The Morgan fingerprint density at radius 3 is 2.70 bits per heavy atom. The molecule has 11 heteroatoms. The van der Waals surface area contributed by atoms with Crippen LogP contribution in [0.15, 0.2) is 61.3 Å². The normalized spacial score (nSPS) is 20.0. The van der Waals surface area contributed by atoms with Crippen LogP contribution in [0.3, 0.4) is 0 Å². The molecule has 1 aliphatic carbocycles. The van der Waals surface area contributed by atoms with Crippen molar-refractivity contribution < 1.29 is 9.47 Å². The summed E-state index contributed by atoms with van der Waals surface area (Å²) in [7, 11) is 1.67. The summed E-state index contributed by atoms with van der Waals surface area (Å²) in [6.45, 7) is 1.02. The van der Waals surface area contributed by atoms with E-state index in [9.17, 15) is 0 Å². The molecule has 0 radical (unpaired) electrons. The van der Waals surface area contributed by atoms with Crippen molar-refractivity contribution in [2.24, 2.45) is 0 Å². The van der Waals surface area contributed by atoms with Gasteiger partial charge in [-0.3, -0.25) is 5.10 Å². The number of H-pyrrole nitrogens is 1. The van der Waals surface area contributed by atoms with Gasteiger partial charge in [-0.15, -0.1) is 0 Å². The fraction of sp³-hybridized carbons (Fsp3) is 0.346. The van der Waals surface area contributed by atoms with E-state index in [1.54, 1.807) is 17.8 Å². The number of fused-ring (bicyclic) bond motifs is 1. The zero-order chi connectivity index (χ0) is 25.2. The second-order valence-electron chi connectivity index (χ2n) is 9.35. The summed E-state index contributed by atoms with van der Waals surface area (Å²) >= 11 is 0. The van der Waals surface area contributed by atoms with Gasteiger partial charge in [0.2, 0.25) is 0 Å². The summed E-state index contributed by atoms with van der Waals surface area (Å²) in [6, 6.07) is 11.9. The third-order valence-corrected chi connectivity index (χ3v) is 7.16. The van der Waals surface area contributed by atoms with Crippen LogP contribution in [0.4, 0.5) is 5.82 Å². The lowest BCUT2D eigenvalue weighted by Gasteiger charge is -2.38. The minimum absolute atomic E-state index is 0.240. The summed E-state index contributed by atoms with van der Waals surface area (Å²) in [6.07, 6.45) is 10.5. The average Bonchev–Trinajstić information content (AvgIpc) is 3.71. The Morgan fingerprint density at radius 2 is 1.95 bits per heavy atom. The maximum absolute atomic E-state index is 6.44. The molecule has 1 aromatic carbocycles. The van der Waals surface area contributed by atoms with Crippen molar-refractivity contribution in [3.63, 3.8) is 0 Å². The van der Waals surface area contributed by atoms with Crippen LogP contribution in [0.1, 0.15) is 43.1 Å². The van der Waals surface area contributed by atoms with Crippen LogP contribution in [0.2, 0.25) is 0 Å². The van der Waals surface area contributed by atoms with Crippen LogP contribution in [-0.2, 0) is 15.1 Å². The van der Waals surface area contributed by atoms with E-state index in [1.165, 1.54) is 6.33 Å². The maximum atomic E-state index is 6.44. The van der Waals surface area contributed by atoms with Crippen molar-refractivity contribution in [2.75, 3.05) is 26.1 Å². The lowest BCUT2D eigenvalue weighted by molar-refractivity contribution is -0.0976. The Balaban J connectivity index is 1.27. The largest absolute Gasteiger partial charge is 0.384 e. The number of nitrogens with one attached hydrogen (secondary N) is 1. The van der Waals surface area contributed by atoms with Gasteiger partial charge >= 0.3 is 0 Å².